The predicted molar refractivity (Wildman–Crippen MR) is 68.6 cm³/mol. The van der Waals surface area contributed by atoms with E-state index in [0.29, 0.717) is 19.4 Å². The Morgan fingerprint density at radius 1 is 1.53 bits per heavy atom. The Bertz CT molecular complexity index is 359. The second-order valence-corrected chi connectivity index (χ2v) is 4.81. The third-order valence-corrected chi connectivity index (χ3v) is 3.36. The molecule has 7 heteroatoms. The molecule has 7 nitrogen and oxygen atoms in total. The van der Waals surface area contributed by atoms with E-state index in [4.69, 9.17) is 5.11 Å². The highest BCUT2D eigenvalue weighted by Gasteiger charge is 2.28. The first-order valence-electron chi connectivity index (χ1n) is 6.53. The predicted octanol–water partition coefficient (Wildman–Crippen LogP) is 0.0635. The molecule has 19 heavy (non-hydrogen) atoms. The van der Waals surface area contributed by atoms with Gasteiger partial charge in [-0.15, -0.1) is 0 Å². The lowest BCUT2D eigenvalue weighted by Crippen LogP contribution is -2.56. The lowest BCUT2D eigenvalue weighted by molar-refractivity contribution is -0.140. The van der Waals surface area contributed by atoms with Crippen LogP contribution in [0.4, 0.5) is 4.79 Å². The van der Waals surface area contributed by atoms with E-state index in [1.54, 1.807) is 6.92 Å². The highest BCUT2D eigenvalue weighted by Crippen LogP contribution is 2.08. The van der Waals surface area contributed by atoms with Crippen LogP contribution in [0.15, 0.2) is 0 Å². The SMILES string of the molecule is CCC(C)[C@H](NC(=O)NC1CCCNC1=O)C(=O)O. The summed E-state index contributed by atoms with van der Waals surface area (Å²) in [5.74, 6) is -1.47. The van der Waals surface area contributed by atoms with Crippen molar-refractivity contribution < 1.29 is 19.5 Å². The molecule has 0 spiro atoms. The minimum absolute atomic E-state index is 0.177. The van der Waals surface area contributed by atoms with Crippen molar-refractivity contribution in [2.24, 2.45) is 5.92 Å². The summed E-state index contributed by atoms with van der Waals surface area (Å²) in [5.41, 5.74) is 0. The van der Waals surface area contributed by atoms with E-state index in [-0.39, 0.29) is 11.8 Å². The van der Waals surface area contributed by atoms with Crippen molar-refractivity contribution >= 4 is 17.9 Å². The molecule has 0 aliphatic carbocycles. The molecule has 108 valence electrons. The van der Waals surface area contributed by atoms with Crippen LogP contribution in [0.25, 0.3) is 0 Å². The zero-order valence-electron chi connectivity index (χ0n) is 11.2. The molecule has 0 saturated carbocycles. The maximum Gasteiger partial charge on any atom is 0.326 e. The van der Waals surface area contributed by atoms with Crippen LogP contribution in [-0.2, 0) is 9.59 Å². The van der Waals surface area contributed by atoms with Gasteiger partial charge in [-0.05, 0) is 18.8 Å². The van der Waals surface area contributed by atoms with Crippen LogP contribution in [0.2, 0.25) is 0 Å². The van der Waals surface area contributed by atoms with E-state index in [1.807, 2.05) is 6.92 Å². The Hall–Kier alpha value is -1.79. The van der Waals surface area contributed by atoms with Gasteiger partial charge in [-0.2, -0.15) is 0 Å². The number of carboxylic acid groups (broad SMARTS) is 1. The summed E-state index contributed by atoms with van der Waals surface area (Å²) in [7, 11) is 0. The average molecular weight is 271 g/mol. The first kappa shape index (κ1) is 15.3. The standard InChI is InChI=1S/C12H21N3O4/c1-3-7(2)9(11(17)18)15-12(19)14-8-5-4-6-13-10(8)16/h7-9H,3-6H2,1-2H3,(H,13,16)(H,17,18)(H2,14,15,19)/t7?,8?,9-/m0/s1. The summed E-state index contributed by atoms with van der Waals surface area (Å²) >= 11 is 0. The first-order valence-corrected chi connectivity index (χ1v) is 6.53. The van der Waals surface area contributed by atoms with E-state index in [0.717, 1.165) is 6.42 Å². The lowest BCUT2D eigenvalue weighted by Gasteiger charge is -2.25. The van der Waals surface area contributed by atoms with Gasteiger partial charge in [-0.25, -0.2) is 9.59 Å². The third kappa shape index (κ3) is 4.42. The monoisotopic (exact) mass is 271 g/mol. The van der Waals surface area contributed by atoms with Crippen LogP contribution in [0.1, 0.15) is 33.1 Å². The number of urea groups is 1. The molecule has 0 aromatic carbocycles. The number of amides is 3. The number of carboxylic acids is 1. The molecule has 3 atom stereocenters. The molecule has 1 saturated heterocycles. The van der Waals surface area contributed by atoms with Crippen molar-refractivity contribution in [3.05, 3.63) is 0 Å². The van der Waals surface area contributed by atoms with E-state index in [1.165, 1.54) is 0 Å². The zero-order chi connectivity index (χ0) is 14.4. The molecule has 0 bridgehead atoms. The van der Waals surface area contributed by atoms with E-state index < -0.39 is 24.1 Å². The minimum Gasteiger partial charge on any atom is -0.480 e. The van der Waals surface area contributed by atoms with Gasteiger partial charge in [0.1, 0.15) is 12.1 Å². The molecule has 2 unspecified atom stereocenters. The van der Waals surface area contributed by atoms with Gasteiger partial charge in [-0.1, -0.05) is 20.3 Å². The van der Waals surface area contributed by atoms with Crippen molar-refractivity contribution in [2.75, 3.05) is 6.54 Å². The van der Waals surface area contributed by atoms with Crippen molar-refractivity contribution in [2.45, 2.75) is 45.2 Å². The highest BCUT2D eigenvalue weighted by atomic mass is 16.4. The van der Waals surface area contributed by atoms with Crippen molar-refractivity contribution in [3.8, 4) is 0 Å². The summed E-state index contributed by atoms with van der Waals surface area (Å²) in [6.45, 7) is 4.23. The molecular formula is C12H21N3O4. The average Bonchev–Trinajstić information content (AvgIpc) is 2.37. The normalized spacial score (nSPS) is 22.0. The number of hydrogen-bond acceptors (Lipinski definition) is 3. The fourth-order valence-electron chi connectivity index (χ4n) is 1.93. The Balaban J connectivity index is 2.52. The Labute approximate surface area is 112 Å². The van der Waals surface area contributed by atoms with Crippen molar-refractivity contribution in [3.63, 3.8) is 0 Å². The van der Waals surface area contributed by atoms with Crippen molar-refractivity contribution in [1.29, 1.82) is 0 Å². The molecule has 4 N–H and O–H groups in total. The van der Waals surface area contributed by atoms with Crippen LogP contribution in [0.3, 0.4) is 0 Å². The van der Waals surface area contributed by atoms with Crippen LogP contribution < -0.4 is 16.0 Å². The molecule has 1 heterocycles. The Morgan fingerprint density at radius 2 is 2.21 bits per heavy atom. The fourth-order valence-corrected chi connectivity index (χ4v) is 1.93. The van der Waals surface area contributed by atoms with Gasteiger partial charge in [0, 0.05) is 6.54 Å². The second kappa shape index (κ2) is 6.96. The molecule has 1 rings (SSSR count). The molecule has 0 radical (unpaired) electrons. The number of rotatable bonds is 5. The number of piperidine rings is 1. The summed E-state index contributed by atoms with van der Waals surface area (Å²) in [5, 5.41) is 16.6. The number of carbonyl (C=O) groups is 3. The molecule has 1 fully saturated rings. The molecule has 3 amide bonds. The summed E-state index contributed by atoms with van der Waals surface area (Å²) in [4.78, 5) is 34.3. The van der Waals surface area contributed by atoms with Gasteiger partial charge in [0.25, 0.3) is 0 Å². The highest BCUT2D eigenvalue weighted by molar-refractivity contribution is 5.89. The van der Waals surface area contributed by atoms with E-state index >= 15 is 0 Å². The number of nitrogens with one attached hydrogen (secondary N) is 3. The van der Waals surface area contributed by atoms with Crippen molar-refractivity contribution in [1.82, 2.24) is 16.0 Å². The molecule has 0 aromatic rings. The first-order chi connectivity index (χ1) is 8.95. The van der Waals surface area contributed by atoms with Crippen LogP contribution >= 0.6 is 0 Å². The third-order valence-electron chi connectivity index (χ3n) is 3.36. The maximum absolute atomic E-state index is 11.7. The summed E-state index contributed by atoms with van der Waals surface area (Å²) < 4.78 is 0. The fraction of sp³-hybridized carbons (Fsp3) is 0.750. The Kier molecular flexibility index (Phi) is 5.59. The molecule has 1 aliphatic heterocycles. The number of aliphatic carboxylic acids is 1. The van der Waals surface area contributed by atoms with Gasteiger partial charge in [-0.3, -0.25) is 4.79 Å². The van der Waals surface area contributed by atoms with Gasteiger partial charge >= 0.3 is 12.0 Å². The topological polar surface area (TPSA) is 108 Å². The lowest BCUT2D eigenvalue weighted by atomic mass is 9.99. The Morgan fingerprint density at radius 3 is 2.74 bits per heavy atom. The van der Waals surface area contributed by atoms with Gasteiger partial charge < -0.3 is 21.1 Å². The van der Waals surface area contributed by atoms with Gasteiger partial charge in [0.05, 0.1) is 0 Å². The summed E-state index contributed by atoms with van der Waals surface area (Å²) in [6, 6.07) is -2.15. The minimum atomic E-state index is -1.07. The second-order valence-electron chi connectivity index (χ2n) is 4.81. The van der Waals surface area contributed by atoms with Gasteiger partial charge in [0.15, 0.2) is 0 Å². The largest absolute Gasteiger partial charge is 0.480 e. The molecule has 0 aromatic heterocycles. The quantitative estimate of drug-likeness (QED) is 0.567. The maximum atomic E-state index is 11.7. The summed E-state index contributed by atoms with van der Waals surface area (Å²) in [6.07, 6.45) is 2.01. The molecule has 1 aliphatic rings. The zero-order valence-corrected chi connectivity index (χ0v) is 11.2. The smallest absolute Gasteiger partial charge is 0.326 e. The van der Waals surface area contributed by atoms with Crippen LogP contribution in [0.5, 0.6) is 0 Å². The number of hydrogen-bond donors (Lipinski definition) is 4. The van der Waals surface area contributed by atoms with Gasteiger partial charge in [0.2, 0.25) is 5.91 Å². The van der Waals surface area contributed by atoms with Crippen LogP contribution in [0, 0.1) is 5.92 Å². The molecular weight excluding hydrogens is 250 g/mol. The number of carbonyl (C=O) groups excluding carboxylic acids is 2. The van der Waals surface area contributed by atoms with Crippen LogP contribution in [-0.4, -0.2) is 41.6 Å². The van der Waals surface area contributed by atoms with E-state index in [9.17, 15) is 14.4 Å². The van der Waals surface area contributed by atoms with E-state index in [2.05, 4.69) is 16.0 Å².